The second-order valence-corrected chi connectivity index (χ2v) is 8.83. The summed E-state index contributed by atoms with van der Waals surface area (Å²) in [5.41, 5.74) is 1.64. The molecule has 1 aliphatic heterocycles. The van der Waals surface area contributed by atoms with Crippen molar-refractivity contribution in [2.24, 2.45) is 5.92 Å². The first-order valence-electron chi connectivity index (χ1n) is 10.5. The van der Waals surface area contributed by atoms with Crippen LogP contribution in [0.2, 0.25) is 5.02 Å². The molecule has 0 spiro atoms. The van der Waals surface area contributed by atoms with E-state index in [2.05, 4.69) is 19.2 Å². The number of hydrogen-bond donors (Lipinski definition) is 1. The van der Waals surface area contributed by atoms with Crippen molar-refractivity contribution in [2.75, 3.05) is 13.2 Å². The Hall–Kier alpha value is -2.20. The summed E-state index contributed by atoms with van der Waals surface area (Å²) in [7, 11) is 0. The summed E-state index contributed by atoms with van der Waals surface area (Å²) in [5, 5.41) is 4.03. The molecule has 4 nitrogen and oxygen atoms in total. The van der Waals surface area contributed by atoms with Gasteiger partial charge < -0.3 is 14.8 Å². The fourth-order valence-corrected chi connectivity index (χ4v) is 4.36. The number of carbonyl (C=O) groups excluding carboxylic acids is 1. The number of rotatable bonds is 5. The standard InChI is InChI=1S/C24H28ClNO3/c1-16(2)22(17-5-10-20-21(15-17)29-14-4-13-28-20)26-23(27)24(11-3-12-24)18-6-8-19(25)9-7-18/h5-10,15-16,22H,3-4,11-14H2,1-2H3,(H,26,27). The molecule has 0 saturated heterocycles. The Kier molecular flexibility index (Phi) is 5.73. The molecule has 1 fully saturated rings. The van der Waals surface area contributed by atoms with Crippen LogP contribution in [0.4, 0.5) is 0 Å². The van der Waals surface area contributed by atoms with Crippen molar-refractivity contribution in [3.05, 3.63) is 58.6 Å². The molecule has 0 radical (unpaired) electrons. The number of halogens is 1. The van der Waals surface area contributed by atoms with Crippen LogP contribution in [0.1, 0.15) is 56.7 Å². The molecule has 1 saturated carbocycles. The topological polar surface area (TPSA) is 47.6 Å². The van der Waals surface area contributed by atoms with Crippen molar-refractivity contribution >= 4 is 17.5 Å². The van der Waals surface area contributed by atoms with Gasteiger partial charge in [0.15, 0.2) is 11.5 Å². The average Bonchev–Trinajstić information content (AvgIpc) is 2.91. The van der Waals surface area contributed by atoms with Gasteiger partial charge in [-0.25, -0.2) is 0 Å². The monoisotopic (exact) mass is 413 g/mol. The molecule has 0 bridgehead atoms. The normalized spacial score (nSPS) is 18.5. The van der Waals surface area contributed by atoms with Gasteiger partial charge in [-0.2, -0.15) is 0 Å². The van der Waals surface area contributed by atoms with Crippen molar-refractivity contribution in [3.63, 3.8) is 0 Å². The van der Waals surface area contributed by atoms with Gasteiger partial charge in [0, 0.05) is 11.4 Å². The van der Waals surface area contributed by atoms with Gasteiger partial charge in [0.2, 0.25) is 5.91 Å². The summed E-state index contributed by atoms with van der Waals surface area (Å²) < 4.78 is 11.6. The zero-order valence-corrected chi connectivity index (χ0v) is 17.8. The maximum Gasteiger partial charge on any atom is 0.231 e. The highest BCUT2D eigenvalue weighted by atomic mass is 35.5. The molecule has 5 heteroatoms. The van der Waals surface area contributed by atoms with Crippen molar-refractivity contribution in [1.82, 2.24) is 5.32 Å². The summed E-state index contributed by atoms with van der Waals surface area (Å²) in [6.07, 6.45) is 3.67. The van der Waals surface area contributed by atoms with E-state index in [9.17, 15) is 4.79 Å². The van der Waals surface area contributed by atoms with E-state index in [0.29, 0.717) is 18.2 Å². The Morgan fingerprint density at radius 3 is 2.31 bits per heavy atom. The van der Waals surface area contributed by atoms with Crippen LogP contribution in [0.5, 0.6) is 11.5 Å². The second kappa shape index (κ2) is 8.27. The summed E-state index contributed by atoms with van der Waals surface area (Å²) in [6.45, 7) is 5.57. The van der Waals surface area contributed by atoms with E-state index in [0.717, 1.165) is 48.3 Å². The summed E-state index contributed by atoms with van der Waals surface area (Å²) >= 11 is 6.06. The van der Waals surface area contributed by atoms with Gasteiger partial charge in [-0.15, -0.1) is 0 Å². The number of fused-ring (bicyclic) bond motifs is 1. The molecule has 2 aromatic carbocycles. The first-order chi connectivity index (χ1) is 14.0. The predicted molar refractivity (Wildman–Crippen MR) is 115 cm³/mol. The molecule has 1 heterocycles. The SMILES string of the molecule is CC(C)C(NC(=O)C1(c2ccc(Cl)cc2)CCC1)c1ccc2c(c1)OCCCO2. The highest BCUT2D eigenvalue weighted by molar-refractivity contribution is 6.30. The van der Waals surface area contributed by atoms with E-state index in [1.807, 2.05) is 42.5 Å². The van der Waals surface area contributed by atoms with Crippen LogP contribution in [0.25, 0.3) is 0 Å². The molecule has 1 atom stereocenters. The van der Waals surface area contributed by atoms with Crippen molar-refractivity contribution in [3.8, 4) is 11.5 Å². The van der Waals surface area contributed by atoms with Crippen molar-refractivity contribution in [1.29, 1.82) is 0 Å². The minimum Gasteiger partial charge on any atom is -0.490 e. The van der Waals surface area contributed by atoms with Gasteiger partial charge >= 0.3 is 0 Å². The third-order valence-corrected chi connectivity index (χ3v) is 6.37. The number of hydrogen-bond acceptors (Lipinski definition) is 3. The van der Waals surface area contributed by atoms with Crippen LogP contribution in [0.3, 0.4) is 0 Å². The number of nitrogens with one attached hydrogen (secondary N) is 1. The quantitative estimate of drug-likeness (QED) is 0.710. The molecular formula is C24H28ClNO3. The molecule has 1 unspecified atom stereocenters. The third kappa shape index (κ3) is 3.95. The van der Waals surface area contributed by atoms with Crippen LogP contribution >= 0.6 is 11.6 Å². The van der Waals surface area contributed by atoms with Crippen LogP contribution in [-0.2, 0) is 10.2 Å². The lowest BCUT2D eigenvalue weighted by Gasteiger charge is -2.42. The van der Waals surface area contributed by atoms with Crippen LogP contribution in [0.15, 0.2) is 42.5 Å². The Balaban J connectivity index is 1.59. The van der Waals surface area contributed by atoms with Crippen LogP contribution in [-0.4, -0.2) is 19.1 Å². The first kappa shape index (κ1) is 20.1. The summed E-state index contributed by atoms with van der Waals surface area (Å²) in [5.74, 6) is 1.87. The smallest absolute Gasteiger partial charge is 0.231 e. The van der Waals surface area contributed by atoms with E-state index in [1.54, 1.807) is 0 Å². The van der Waals surface area contributed by atoms with Gasteiger partial charge in [0.25, 0.3) is 0 Å². The first-order valence-corrected chi connectivity index (χ1v) is 10.8. The van der Waals surface area contributed by atoms with Gasteiger partial charge in [-0.05, 0) is 54.2 Å². The number of amides is 1. The third-order valence-electron chi connectivity index (χ3n) is 6.12. The van der Waals surface area contributed by atoms with Crippen LogP contribution in [0, 0.1) is 5.92 Å². The maximum atomic E-state index is 13.5. The average molecular weight is 414 g/mol. The molecule has 4 rings (SSSR count). The van der Waals surface area contributed by atoms with Crippen LogP contribution < -0.4 is 14.8 Å². The molecular weight excluding hydrogens is 386 g/mol. The lowest BCUT2D eigenvalue weighted by atomic mass is 9.63. The van der Waals surface area contributed by atoms with Gasteiger partial charge in [-0.1, -0.05) is 50.1 Å². The molecule has 2 aromatic rings. The Morgan fingerprint density at radius 1 is 1.00 bits per heavy atom. The van der Waals surface area contributed by atoms with E-state index >= 15 is 0 Å². The number of benzene rings is 2. The molecule has 1 amide bonds. The van der Waals surface area contributed by atoms with Gasteiger partial charge in [-0.3, -0.25) is 4.79 Å². The van der Waals surface area contributed by atoms with Crippen molar-refractivity contribution in [2.45, 2.75) is 51.0 Å². The van der Waals surface area contributed by atoms with E-state index in [4.69, 9.17) is 21.1 Å². The molecule has 154 valence electrons. The van der Waals surface area contributed by atoms with E-state index in [-0.39, 0.29) is 17.9 Å². The molecule has 0 aromatic heterocycles. The highest BCUT2D eigenvalue weighted by Gasteiger charge is 2.46. The van der Waals surface area contributed by atoms with Crippen molar-refractivity contribution < 1.29 is 14.3 Å². The number of ether oxygens (including phenoxy) is 2. The molecule has 1 N–H and O–H groups in total. The summed E-state index contributed by atoms with van der Waals surface area (Å²) in [4.78, 5) is 13.5. The minimum absolute atomic E-state index is 0.0931. The predicted octanol–water partition coefficient (Wildman–Crippen LogP) is 5.44. The maximum absolute atomic E-state index is 13.5. The second-order valence-electron chi connectivity index (χ2n) is 8.39. The van der Waals surface area contributed by atoms with E-state index < -0.39 is 5.41 Å². The fourth-order valence-electron chi connectivity index (χ4n) is 4.23. The molecule has 1 aliphatic carbocycles. The Labute approximate surface area is 177 Å². The number of carbonyl (C=O) groups is 1. The van der Waals surface area contributed by atoms with E-state index in [1.165, 1.54) is 0 Å². The highest BCUT2D eigenvalue weighted by Crippen LogP contribution is 2.45. The Bertz CT molecular complexity index is 874. The lowest BCUT2D eigenvalue weighted by Crippen LogP contribution is -2.50. The molecule has 2 aliphatic rings. The molecule has 29 heavy (non-hydrogen) atoms. The zero-order valence-electron chi connectivity index (χ0n) is 17.0. The summed E-state index contributed by atoms with van der Waals surface area (Å²) in [6, 6.07) is 13.6. The Morgan fingerprint density at radius 2 is 1.69 bits per heavy atom. The van der Waals surface area contributed by atoms with Gasteiger partial charge in [0.1, 0.15) is 0 Å². The van der Waals surface area contributed by atoms with Gasteiger partial charge in [0.05, 0.1) is 24.7 Å². The minimum atomic E-state index is -0.455. The lowest BCUT2D eigenvalue weighted by molar-refractivity contribution is -0.131. The zero-order chi connectivity index (χ0) is 20.4. The fraction of sp³-hybridized carbons (Fsp3) is 0.458. The largest absolute Gasteiger partial charge is 0.490 e.